The fourth-order valence-electron chi connectivity index (χ4n) is 2.17. The Balaban J connectivity index is 0.00000172. The molecule has 180 valence electrons. The number of aromatic nitrogens is 1. The molecule has 0 saturated carbocycles. The van der Waals surface area contributed by atoms with E-state index in [0.29, 0.717) is 5.71 Å². The van der Waals surface area contributed by atoms with E-state index in [0.717, 1.165) is 27.1 Å². The lowest BCUT2D eigenvalue weighted by Crippen LogP contribution is -2.32. The number of hydrogen-bond donors (Lipinski definition) is 4. The van der Waals surface area contributed by atoms with Gasteiger partial charge >= 0.3 is 6.18 Å². The second-order valence-electron chi connectivity index (χ2n) is 6.15. The maximum Gasteiger partial charge on any atom is 0.416 e. The van der Waals surface area contributed by atoms with Gasteiger partial charge < -0.3 is 15.1 Å². The summed E-state index contributed by atoms with van der Waals surface area (Å²) in [6.07, 6.45) is -3.40. The van der Waals surface area contributed by atoms with Crippen molar-refractivity contribution >= 4 is 54.7 Å². The van der Waals surface area contributed by atoms with Crippen molar-refractivity contribution in [3.8, 4) is 11.3 Å². The Kier molecular flexibility index (Phi) is 11.9. The number of hydrazone groups is 2. The highest BCUT2D eigenvalue weighted by Crippen LogP contribution is 2.33. The summed E-state index contributed by atoms with van der Waals surface area (Å²) in [6, 6.07) is 4.69. The van der Waals surface area contributed by atoms with Crippen molar-refractivity contribution in [2.45, 2.75) is 13.1 Å². The number of nitrogens with one attached hydrogen (secondary N) is 4. The van der Waals surface area contributed by atoms with Crippen LogP contribution in [0.1, 0.15) is 18.2 Å². The smallest absolute Gasteiger partial charge is 0.416 e. The third-order valence-corrected chi connectivity index (χ3v) is 4.23. The molecule has 1 aromatic heterocycles. The highest BCUT2D eigenvalue weighted by molar-refractivity contribution is 7.80. The van der Waals surface area contributed by atoms with Gasteiger partial charge in [-0.25, -0.2) is 4.98 Å². The van der Waals surface area contributed by atoms with Crippen LogP contribution in [0.4, 0.5) is 13.2 Å². The number of hydrogen-bond acceptors (Lipinski definition) is 6. The van der Waals surface area contributed by atoms with Crippen molar-refractivity contribution in [2.24, 2.45) is 10.2 Å². The first-order valence-corrected chi connectivity index (χ1v) is 12.2. The van der Waals surface area contributed by atoms with Crippen LogP contribution in [-0.2, 0) is 6.18 Å². The molecule has 4 N–H and O–H groups in total. The van der Waals surface area contributed by atoms with Crippen molar-refractivity contribution in [1.29, 1.82) is 0 Å². The quantitative estimate of drug-likeness (QED) is 0.206. The van der Waals surface area contributed by atoms with E-state index in [1.54, 1.807) is 21.0 Å². The number of rotatable bonds is 5. The van der Waals surface area contributed by atoms with Crippen LogP contribution in [0, 0.1) is 0 Å². The summed E-state index contributed by atoms with van der Waals surface area (Å²) >= 11 is 9.99. The lowest BCUT2D eigenvalue weighted by atomic mass is 10.0. The molecule has 8 nitrogen and oxygen atoms in total. The van der Waals surface area contributed by atoms with Crippen LogP contribution < -0.4 is 21.5 Å². The molecule has 0 saturated heterocycles. The monoisotopic (exact) mass is 519 g/mol. The van der Waals surface area contributed by atoms with Crippen molar-refractivity contribution in [3.05, 3.63) is 41.9 Å². The van der Waals surface area contributed by atoms with Gasteiger partial charge in [0.1, 0.15) is 11.4 Å². The Bertz CT molecular complexity index is 1010. The molecule has 0 amide bonds. The summed E-state index contributed by atoms with van der Waals surface area (Å²) in [5.41, 5.74) is 5.24. The minimum atomic E-state index is -4.50. The van der Waals surface area contributed by atoms with Crippen LogP contribution in [0.15, 0.2) is 45.3 Å². The molecule has 0 radical (unpaired) electrons. The van der Waals surface area contributed by atoms with Gasteiger partial charge in [-0.2, -0.15) is 23.4 Å². The Morgan fingerprint density at radius 3 is 2.18 bits per heavy atom. The van der Waals surface area contributed by atoms with Gasteiger partial charge in [-0.1, -0.05) is 12.1 Å². The molecule has 1 heterocycles. The standard InChI is InChI=1S/C17H18F3N7OS2.C2H7P/c1-9(24-26-15(29)21-2)12(25-27-16(30)22-3)13-14(28-8-23-13)10-5-4-6-11(7-10)17(18,19)20;1-3-2/h4-8H,1-3H3,(H2,21,26,29)(H2,22,27,30);3H,1-2H3/b24-9+,25-12-;. The van der Waals surface area contributed by atoms with E-state index < -0.39 is 11.7 Å². The fraction of sp³-hybridized carbons (Fsp3) is 0.316. The molecule has 2 aromatic rings. The van der Waals surface area contributed by atoms with Gasteiger partial charge in [0.05, 0.1) is 11.3 Å². The zero-order valence-electron chi connectivity index (χ0n) is 18.6. The minimum Gasteiger partial charge on any atom is -0.443 e. The van der Waals surface area contributed by atoms with Gasteiger partial charge in [0.15, 0.2) is 22.4 Å². The first kappa shape index (κ1) is 28.4. The minimum absolute atomic E-state index is 0.0859. The number of benzene rings is 1. The third-order valence-electron chi connectivity index (χ3n) is 3.64. The zero-order valence-corrected chi connectivity index (χ0v) is 21.2. The molecule has 33 heavy (non-hydrogen) atoms. The molecule has 0 aliphatic carbocycles. The molecule has 14 heteroatoms. The SMILES string of the molecule is CNC(=S)N/N=C(C)/C(=N/NC(=S)NC)c1ncoc1-c1cccc(C(F)(F)F)c1.CPC. The predicted molar refractivity (Wildman–Crippen MR) is 136 cm³/mol. The molecular formula is C19H25F3N7OPS2. The molecule has 0 bridgehead atoms. The average Bonchev–Trinajstić information content (AvgIpc) is 3.27. The Morgan fingerprint density at radius 1 is 1.06 bits per heavy atom. The number of oxazole rings is 1. The van der Waals surface area contributed by atoms with E-state index in [2.05, 4.69) is 50.0 Å². The molecule has 0 atom stereocenters. The maximum absolute atomic E-state index is 13.1. The summed E-state index contributed by atoms with van der Waals surface area (Å²) in [5.74, 6) is 0.0859. The fourth-order valence-corrected chi connectivity index (χ4v) is 2.26. The van der Waals surface area contributed by atoms with Crippen LogP contribution in [0.3, 0.4) is 0 Å². The molecule has 0 aliphatic heterocycles. The normalized spacial score (nSPS) is 11.8. The van der Waals surface area contributed by atoms with Gasteiger partial charge in [0.2, 0.25) is 0 Å². The molecule has 2 rings (SSSR count). The first-order valence-electron chi connectivity index (χ1n) is 9.36. The molecule has 0 unspecified atom stereocenters. The summed E-state index contributed by atoms with van der Waals surface area (Å²) < 4.78 is 44.7. The van der Waals surface area contributed by atoms with E-state index >= 15 is 0 Å². The summed E-state index contributed by atoms with van der Waals surface area (Å²) in [5, 5.41) is 14.2. The third kappa shape index (κ3) is 9.03. The lowest BCUT2D eigenvalue weighted by molar-refractivity contribution is -0.137. The molecule has 0 fully saturated rings. The Hall–Kier alpha value is -2.63. The predicted octanol–water partition coefficient (Wildman–Crippen LogP) is 3.55. The van der Waals surface area contributed by atoms with Crippen LogP contribution in [0.5, 0.6) is 0 Å². The Labute approximate surface area is 202 Å². The number of halogens is 3. The van der Waals surface area contributed by atoms with E-state index in [4.69, 9.17) is 28.9 Å². The van der Waals surface area contributed by atoms with Crippen molar-refractivity contribution in [1.82, 2.24) is 26.5 Å². The van der Waals surface area contributed by atoms with Gasteiger partial charge in [0.25, 0.3) is 0 Å². The summed E-state index contributed by atoms with van der Waals surface area (Å²) in [7, 11) is 4.30. The van der Waals surface area contributed by atoms with Crippen molar-refractivity contribution in [2.75, 3.05) is 27.4 Å². The van der Waals surface area contributed by atoms with Gasteiger partial charge in [-0.15, -0.1) is 8.58 Å². The lowest BCUT2D eigenvalue weighted by Gasteiger charge is -2.10. The second-order valence-corrected chi connectivity index (χ2v) is 7.96. The van der Waals surface area contributed by atoms with E-state index in [-0.39, 0.29) is 33.0 Å². The highest BCUT2D eigenvalue weighted by atomic mass is 32.1. The molecular weight excluding hydrogens is 494 g/mol. The maximum atomic E-state index is 13.1. The van der Waals surface area contributed by atoms with Crippen LogP contribution in [-0.4, -0.2) is 54.1 Å². The topological polar surface area (TPSA) is 98.9 Å². The number of alkyl halides is 3. The number of nitrogens with zero attached hydrogens (tertiary/aromatic N) is 3. The van der Waals surface area contributed by atoms with Gasteiger partial charge in [0, 0.05) is 19.7 Å². The summed E-state index contributed by atoms with van der Waals surface area (Å²) in [6.45, 7) is 5.92. The van der Waals surface area contributed by atoms with Crippen LogP contribution in [0.25, 0.3) is 11.3 Å². The van der Waals surface area contributed by atoms with Crippen molar-refractivity contribution < 1.29 is 17.6 Å². The first-order chi connectivity index (χ1) is 15.6. The van der Waals surface area contributed by atoms with Crippen molar-refractivity contribution in [3.63, 3.8) is 0 Å². The van der Waals surface area contributed by atoms with Crippen LogP contribution >= 0.6 is 33.0 Å². The summed E-state index contributed by atoms with van der Waals surface area (Å²) in [4.78, 5) is 4.12. The molecule has 1 aromatic carbocycles. The van der Waals surface area contributed by atoms with Gasteiger partial charge in [-0.05, 0) is 56.8 Å². The zero-order chi connectivity index (χ0) is 25.0. The second kappa shape index (κ2) is 13.8. The Morgan fingerprint density at radius 2 is 1.64 bits per heavy atom. The average molecular weight is 520 g/mol. The number of thiocarbonyl (C=S) groups is 2. The van der Waals surface area contributed by atoms with Crippen LogP contribution in [0.2, 0.25) is 0 Å². The van der Waals surface area contributed by atoms with E-state index in [9.17, 15) is 13.2 Å². The molecule has 0 aliphatic rings. The van der Waals surface area contributed by atoms with E-state index in [1.165, 1.54) is 12.1 Å². The van der Waals surface area contributed by atoms with E-state index in [1.807, 2.05) is 0 Å². The highest BCUT2D eigenvalue weighted by Gasteiger charge is 2.31. The van der Waals surface area contributed by atoms with Gasteiger partial charge in [-0.3, -0.25) is 10.9 Å². The largest absolute Gasteiger partial charge is 0.443 e. The molecule has 0 spiro atoms.